The first kappa shape index (κ1) is 23.1. The van der Waals surface area contributed by atoms with E-state index in [0.717, 1.165) is 44.2 Å². The van der Waals surface area contributed by atoms with Gasteiger partial charge in [0, 0.05) is 28.2 Å². The van der Waals surface area contributed by atoms with Crippen LogP contribution in [0.2, 0.25) is 0 Å². The molecule has 4 aliphatic rings. The molecule has 2 bridgehead atoms. The molecule has 1 aliphatic heterocycles. The highest BCUT2D eigenvalue weighted by molar-refractivity contribution is 7.14. The third-order valence-corrected chi connectivity index (χ3v) is 8.31. The van der Waals surface area contributed by atoms with Crippen molar-refractivity contribution in [2.45, 2.75) is 88.9 Å². The smallest absolute Gasteiger partial charge is 0.237 e. The summed E-state index contributed by atoms with van der Waals surface area (Å²) in [6, 6.07) is 1.36. The third kappa shape index (κ3) is 4.40. The summed E-state index contributed by atoms with van der Waals surface area (Å²) in [6.45, 7) is 6.42. The number of carbonyl (C=O) groups excluding carboxylic acids is 2. The van der Waals surface area contributed by atoms with Crippen molar-refractivity contribution in [2.24, 2.45) is 5.41 Å². The maximum Gasteiger partial charge on any atom is 0.237 e. The highest BCUT2D eigenvalue weighted by atomic mass is 32.1. The Balaban J connectivity index is 1.32. The Morgan fingerprint density at radius 2 is 1.94 bits per heavy atom. The van der Waals surface area contributed by atoms with Gasteiger partial charge in [-0.2, -0.15) is 5.26 Å². The van der Waals surface area contributed by atoms with Crippen molar-refractivity contribution in [2.75, 3.05) is 18.4 Å². The summed E-state index contributed by atoms with van der Waals surface area (Å²) >= 11 is 1.47. The Bertz CT molecular complexity index is 909. The summed E-state index contributed by atoms with van der Waals surface area (Å²) in [5, 5.41) is 18.3. The summed E-state index contributed by atoms with van der Waals surface area (Å²) in [6.07, 6.45) is 3.77. The molecule has 1 aromatic heterocycles. The van der Waals surface area contributed by atoms with E-state index >= 15 is 0 Å². The zero-order valence-corrected chi connectivity index (χ0v) is 19.9. The molecule has 1 aromatic rings. The highest BCUT2D eigenvalue weighted by Crippen LogP contribution is 2.53. The summed E-state index contributed by atoms with van der Waals surface area (Å²) in [7, 11) is 0. The maximum atomic E-state index is 13.6. The van der Waals surface area contributed by atoms with Crippen LogP contribution in [0.15, 0.2) is 5.38 Å². The van der Waals surface area contributed by atoms with E-state index in [1.807, 2.05) is 11.4 Å². The second kappa shape index (κ2) is 8.38. The molecule has 0 aromatic carbocycles. The van der Waals surface area contributed by atoms with E-state index in [1.54, 1.807) is 0 Å². The fourth-order valence-corrected chi connectivity index (χ4v) is 6.18. The lowest BCUT2D eigenvalue weighted by Crippen LogP contribution is -2.59. The van der Waals surface area contributed by atoms with Gasteiger partial charge < -0.3 is 15.5 Å². The SMILES string of the molecule is CC(C)(C)c1csc(NC(=O)C23CCC(NCC(=O)N4CC(F)CC4C#N)(CC2)CC3)n1. The van der Waals surface area contributed by atoms with Gasteiger partial charge in [-0.25, -0.2) is 9.37 Å². The predicted octanol–water partition coefficient (Wildman–Crippen LogP) is 3.52. The minimum Gasteiger partial charge on any atom is -0.323 e. The second-order valence-electron chi connectivity index (χ2n) is 10.7. The monoisotopic (exact) mass is 461 g/mol. The van der Waals surface area contributed by atoms with Crippen molar-refractivity contribution in [3.8, 4) is 6.07 Å². The molecule has 1 saturated heterocycles. The highest BCUT2D eigenvalue weighted by Gasteiger charge is 2.52. The van der Waals surface area contributed by atoms with Gasteiger partial charge in [0.2, 0.25) is 11.8 Å². The van der Waals surface area contributed by atoms with Gasteiger partial charge in [-0.3, -0.25) is 9.59 Å². The van der Waals surface area contributed by atoms with Crippen LogP contribution in [0.5, 0.6) is 0 Å². The van der Waals surface area contributed by atoms with Crippen LogP contribution in [0.3, 0.4) is 0 Å². The number of aromatic nitrogens is 1. The molecule has 2 atom stereocenters. The third-order valence-electron chi connectivity index (χ3n) is 7.56. The largest absolute Gasteiger partial charge is 0.323 e. The van der Waals surface area contributed by atoms with E-state index in [9.17, 15) is 19.2 Å². The van der Waals surface area contributed by atoms with Gasteiger partial charge >= 0.3 is 0 Å². The van der Waals surface area contributed by atoms with Crippen LogP contribution in [0.25, 0.3) is 0 Å². The van der Waals surface area contributed by atoms with Crippen molar-refractivity contribution >= 4 is 28.3 Å². The lowest BCUT2D eigenvalue weighted by Gasteiger charge is -2.52. The normalized spacial score (nSPS) is 32.0. The molecule has 7 nitrogen and oxygen atoms in total. The van der Waals surface area contributed by atoms with Crippen molar-refractivity contribution in [3.05, 3.63) is 11.1 Å². The summed E-state index contributed by atoms with van der Waals surface area (Å²) in [4.78, 5) is 31.7. The van der Waals surface area contributed by atoms with Gasteiger partial charge in [-0.1, -0.05) is 20.8 Å². The Labute approximate surface area is 192 Å². The summed E-state index contributed by atoms with van der Waals surface area (Å²) < 4.78 is 13.6. The van der Waals surface area contributed by atoms with E-state index in [-0.39, 0.29) is 47.7 Å². The van der Waals surface area contributed by atoms with Crippen LogP contribution in [0, 0.1) is 16.7 Å². The average molecular weight is 462 g/mol. The molecular weight excluding hydrogens is 429 g/mol. The molecule has 2 N–H and O–H groups in total. The van der Waals surface area contributed by atoms with Crippen molar-refractivity contribution in [1.29, 1.82) is 5.26 Å². The van der Waals surface area contributed by atoms with Crippen LogP contribution in [0.1, 0.15) is 71.4 Å². The first-order valence-corrected chi connectivity index (χ1v) is 12.3. The molecule has 9 heteroatoms. The van der Waals surface area contributed by atoms with Crippen LogP contribution in [-0.4, -0.2) is 52.5 Å². The molecule has 0 radical (unpaired) electrons. The minimum atomic E-state index is -1.12. The van der Waals surface area contributed by atoms with Gasteiger partial charge in [0.1, 0.15) is 12.2 Å². The van der Waals surface area contributed by atoms with Crippen molar-refractivity contribution < 1.29 is 14.0 Å². The zero-order chi connectivity index (χ0) is 23.1. The Hall–Kier alpha value is -2.05. The van der Waals surface area contributed by atoms with E-state index in [0.29, 0.717) is 5.13 Å². The van der Waals surface area contributed by atoms with Gasteiger partial charge in [0.25, 0.3) is 0 Å². The quantitative estimate of drug-likeness (QED) is 0.699. The fraction of sp³-hybridized carbons (Fsp3) is 0.739. The van der Waals surface area contributed by atoms with E-state index in [4.69, 9.17) is 0 Å². The number of nitrogens with zero attached hydrogens (tertiary/aromatic N) is 3. The van der Waals surface area contributed by atoms with E-state index < -0.39 is 12.2 Å². The number of nitriles is 1. The molecular formula is C23H32FN5O2S. The van der Waals surface area contributed by atoms with Gasteiger partial charge in [0.05, 0.1) is 24.9 Å². The molecule has 3 aliphatic carbocycles. The number of hydrogen-bond acceptors (Lipinski definition) is 6. The maximum absolute atomic E-state index is 13.6. The standard InChI is InChI=1S/C23H32FN5O2S/c1-21(2,3)17-14-32-20(27-17)28-19(31)22-4-7-23(8-5-22,9-6-22)26-12-18(30)29-13-15(24)10-16(29)11-25/h14-16,26H,4-10,12-13H2,1-3H3,(H,27,28,31). The first-order valence-electron chi connectivity index (χ1n) is 11.4. The fourth-order valence-electron chi connectivity index (χ4n) is 5.24. The Morgan fingerprint density at radius 1 is 1.28 bits per heavy atom. The van der Waals surface area contributed by atoms with E-state index in [1.165, 1.54) is 16.2 Å². The number of anilines is 1. The Morgan fingerprint density at radius 3 is 2.50 bits per heavy atom. The molecule has 2 amide bonds. The number of halogens is 1. The number of carbonyl (C=O) groups is 2. The van der Waals surface area contributed by atoms with Crippen LogP contribution >= 0.6 is 11.3 Å². The van der Waals surface area contributed by atoms with Crippen molar-refractivity contribution in [3.63, 3.8) is 0 Å². The number of likely N-dealkylation sites (tertiary alicyclic amines) is 1. The van der Waals surface area contributed by atoms with Gasteiger partial charge in [-0.15, -0.1) is 11.3 Å². The number of hydrogen-bond donors (Lipinski definition) is 2. The number of thiazole rings is 1. The second-order valence-corrected chi connectivity index (χ2v) is 11.5. The summed E-state index contributed by atoms with van der Waals surface area (Å²) in [5.41, 5.74) is 0.397. The van der Waals surface area contributed by atoms with Gasteiger partial charge in [0.15, 0.2) is 5.13 Å². The number of nitrogens with one attached hydrogen (secondary N) is 2. The number of alkyl halides is 1. The van der Waals surface area contributed by atoms with E-state index in [2.05, 4.69) is 36.4 Å². The van der Waals surface area contributed by atoms with Gasteiger partial charge in [-0.05, 0) is 38.5 Å². The first-order chi connectivity index (χ1) is 15.1. The molecule has 5 rings (SSSR count). The topological polar surface area (TPSA) is 98.1 Å². The lowest BCUT2D eigenvalue weighted by molar-refractivity contribution is -0.135. The zero-order valence-electron chi connectivity index (χ0n) is 19.0. The minimum absolute atomic E-state index is 0.00268. The molecule has 32 heavy (non-hydrogen) atoms. The number of fused-ring (bicyclic) bond motifs is 3. The van der Waals surface area contributed by atoms with Crippen molar-refractivity contribution in [1.82, 2.24) is 15.2 Å². The lowest BCUT2D eigenvalue weighted by atomic mass is 9.57. The summed E-state index contributed by atoms with van der Waals surface area (Å²) in [5.74, 6) is -0.163. The van der Waals surface area contributed by atoms with Crippen LogP contribution in [0.4, 0.5) is 9.52 Å². The predicted molar refractivity (Wildman–Crippen MR) is 121 cm³/mol. The molecule has 3 saturated carbocycles. The number of amides is 2. The molecule has 0 spiro atoms. The van der Waals surface area contributed by atoms with Crippen LogP contribution in [-0.2, 0) is 15.0 Å². The molecule has 174 valence electrons. The molecule has 4 fully saturated rings. The number of rotatable bonds is 5. The average Bonchev–Trinajstić information content (AvgIpc) is 3.39. The molecule has 2 unspecified atom stereocenters. The van der Waals surface area contributed by atoms with Crippen LogP contribution < -0.4 is 10.6 Å². The Kier molecular flexibility index (Phi) is 6.05. The molecule has 2 heterocycles.